The fraction of sp³-hybridized carbons (Fsp3) is 0.538. The van der Waals surface area contributed by atoms with E-state index < -0.39 is 11.7 Å². The van der Waals surface area contributed by atoms with Gasteiger partial charge in [0.25, 0.3) is 0 Å². The van der Waals surface area contributed by atoms with Crippen molar-refractivity contribution in [2.45, 2.75) is 25.9 Å². The van der Waals surface area contributed by atoms with Gasteiger partial charge in [-0.15, -0.1) is 0 Å². The molecule has 0 aliphatic carbocycles. The van der Waals surface area contributed by atoms with E-state index in [-0.39, 0.29) is 5.69 Å². The van der Waals surface area contributed by atoms with Crippen molar-refractivity contribution in [2.24, 2.45) is 5.92 Å². The molecule has 2 rings (SSSR count). The molecule has 0 unspecified atom stereocenters. The van der Waals surface area contributed by atoms with Gasteiger partial charge < -0.3 is 10.6 Å². The number of benzene rings is 1. The zero-order valence-corrected chi connectivity index (χ0v) is 10.3. The highest BCUT2D eigenvalue weighted by molar-refractivity contribution is 5.59. The van der Waals surface area contributed by atoms with Gasteiger partial charge in [-0.05, 0) is 30.5 Å². The smallest absolute Gasteiger partial charge is 0.399 e. The maximum absolute atomic E-state index is 12.7. The third kappa shape index (κ3) is 2.71. The SMILES string of the molecule is CC[C@H]1CCN(c2cc(N)cc(C(F)(F)F)c2)C1. The lowest BCUT2D eigenvalue weighted by atomic mass is 10.1. The van der Waals surface area contributed by atoms with E-state index in [0.717, 1.165) is 32.0 Å². The molecule has 1 atom stereocenters. The number of alkyl halides is 3. The number of nitrogen functional groups attached to an aromatic ring is 1. The Balaban J connectivity index is 2.26. The molecule has 1 aromatic rings. The molecule has 18 heavy (non-hydrogen) atoms. The summed E-state index contributed by atoms with van der Waals surface area (Å²) >= 11 is 0. The zero-order chi connectivity index (χ0) is 13.3. The Morgan fingerprint density at radius 3 is 2.61 bits per heavy atom. The molecule has 0 radical (unpaired) electrons. The molecule has 1 aliphatic heterocycles. The molecule has 0 aromatic heterocycles. The van der Waals surface area contributed by atoms with Crippen LogP contribution >= 0.6 is 0 Å². The highest BCUT2D eigenvalue weighted by atomic mass is 19.4. The van der Waals surface area contributed by atoms with Crippen molar-refractivity contribution in [3.63, 3.8) is 0 Å². The van der Waals surface area contributed by atoms with Crippen molar-refractivity contribution >= 4 is 11.4 Å². The summed E-state index contributed by atoms with van der Waals surface area (Å²) in [7, 11) is 0. The summed E-state index contributed by atoms with van der Waals surface area (Å²) in [6, 6.07) is 3.79. The third-order valence-corrected chi connectivity index (χ3v) is 3.50. The number of anilines is 2. The predicted molar refractivity (Wildman–Crippen MR) is 66.5 cm³/mol. The molecule has 2 N–H and O–H groups in total. The molecule has 100 valence electrons. The van der Waals surface area contributed by atoms with E-state index >= 15 is 0 Å². The fourth-order valence-electron chi connectivity index (χ4n) is 2.38. The highest BCUT2D eigenvalue weighted by Crippen LogP contribution is 2.35. The molecule has 0 amide bonds. The Hall–Kier alpha value is -1.39. The number of rotatable bonds is 2. The van der Waals surface area contributed by atoms with Crippen LogP contribution in [0.4, 0.5) is 24.5 Å². The summed E-state index contributed by atoms with van der Waals surface area (Å²) < 4.78 is 38.1. The minimum atomic E-state index is -4.34. The predicted octanol–water partition coefficient (Wildman–Crippen LogP) is 3.52. The summed E-state index contributed by atoms with van der Waals surface area (Å²) in [4.78, 5) is 1.99. The van der Waals surface area contributed by atoms with Gasteiger partial charge in [-0.1, -0.05) is 13.3 Å². The van der Waals surface area contributed by atoms with Gasteiger partial charge in [0.1, 0.15) is 0 Å². The molecule has 0 spiro atoms. The molecule has 1 aliphatic rings. The van der Waals surface area contributed by atoms with E-state index in [1.54, 1.807) is 6.07 Å². The van der Waals surface area contributed by atoms with Crippen LogP contribution in [0.15, 0.2) is 18.2 Å². The van der Waals surface area contributed by atoms with Crippen molar-refractivity contribution < 1.29 is 13.2 Å². The van der Waals surface area contributed by atoms with Crippen LogP contribution in [0.25, 0.3) is 0 Å². The van der Waals surface area contributed by atoms with Gasteiger partial charge in [0.15, 0.2) is 0 Å². The van der Waals surface area contributed by atoms with Gasteiger partial charge in [-0.2, -0.15) is 13.2 Å². The number of hydrogen-bond acceptors (Lipinski definition) is 2. The standard InChI is InChI=1S/C13H17F3N2/c1-2-9-3-4-18(8-9)12-6-10(13(14,15)16)5-11(17)7-12/h5-7,9H,2-4,8,17H2,1H3/t9-/m0/s1. The summed E-state index contributed by atoms with van der Waals surface area (Å²) in [5.74, 6) is 0.570. The molecular weight excluding hydrogens is 241 g/mol. The van der Waals surface area contributed by atoms with E-state index in [1.165, 1.54) is 6.07 Å². The van der Waals surface area contributed by atoms with Crippen LogP contribution in [0.3, 0.4) is 0 Å². The second-order valence-corrected chi connectivity index (χ2v) is 4.82. The summed E-state index contributed by atoms with van der Waals surface area (Å²) in [6.45, 7) is 3.73. The van der Waals surface area contributed by atoms with Crippen molar-refractivity contribution in [3.05, 3.63) is 23.8 Å². The van der Waals surface area contributed by atoms with Crippen LogP contribution in [0.5, 0.6) is 0 Å². The van der Waals surface area contributed by atoms with Gasteiger partial charge in [0.2, 0.25) is 0 Å². The van der Waals surface area contributed by atoms with Gasteiger partial charge in [-0.25, -0.2) is 0 Å². The average molecular weight is 258 g/mol. The van der Waals surface area contributed by atoms with Crippen molar-refractivity contribution in [2.75, 3.05) is 23.7 Å². The lowest BCUT2D eigenvalue weighted by Crippen LogP contribution is -2.20. The van der Waals surface area contributed by atoms with Crippen molar-refractivity contribution in [3.8, 4) is 0 Å². The number of hydrogen-bond donors (Lipinski definition) is 1. The minimum absolute atomic E-state index is 0.166. The van der Waals surface area contributed by atoms with Crippen molar-refractivity contribution in [1.29, 1.82) is 0 Å². The first-order valence-electron chi connectivity index (χ1n) is 6.13. The molecule has 1 aromatic carbocycles. The van der Waals surface area contributed by atoms with Crippen LogP contribution in [-0.2, 0) is 6.18 Å². The maximum atomic E-state index is 12.7. The molecule has 2 nitrogen and oxygen atoms in total. The van der Waals surface area contributed by atoms with Gasteiger partial charge >= 0.3 is 6.18 Å². The lowest BCUT2D eigenvalue weighted by molar-refractivity contribution is -0.137. The van der Waals surface area contributed by atoms with Crippen LogP contribution in [0.1, 0.15) is 25.3 Å². The lowest BCUT2D eigenvalue weighted by Gasteiger charge is -2.20. The van der Waals surface area contributed by atoms with E-state index in [0.29, 0.717) is 11.6 Å². The second-order valence-electron chi connectivity index (χ2n) is 4.82. The molecular formula is C13H17F3N2. The third-order valence-electron chi connectivity index (χ3n) is 3.50. The molecule has 1 saturated heterocycles. The molecule has 5 heteroatoms. The van der Waals surface area contributed by atoms with E-state index in [4.69, 9.17) is 5.73 Å². The van der Waals surface area contributed by atoms with Crippen LogP contribution in [0.2, 0.25) is 0 Å². The molecule has 0 saturated carbocycles. The molecule has 1 heterocycles. The van der Waals surface area contributed by atoms with Crippen molar-refractivity contribution in [1.82, 2.24) is 0 Å². The number of nitrogens with zero attached hydrogens (tertiary/aromatic N) is 1. The topological polar surface area (TPSA) is 29.3 Å². The molecule has 0 bridgehead atoms. The van der Waals surface area contributed by atoms with E-state index in [1.807, 2.05) is 4.90 Å². The Bertz CT molecular complexity index is 429. The monoisotopic (exact) mass is 258 g/mol. The zero-order valence-electron chi connectivity index (χ0n) is 10.3. The Kier molecular flexibility index (Phi) is 3.41. The summed E-state index contributed by atoms with van der Waals surface area (Å²) in [5, 5.41) is 0. The summed E-state index contributed by atoms with van der Waals surface area (Å²) in [6.07, 6.45) is -2.24. The second kappa shape index (κ2) is 4.71. The van der Waals surface area contributed by atoms with E-state index in [9.17, 15) is 13.2 Å². The van der Waals surface area contributed by atoms with Gasteiger partial charge in [0, 0.05) is 24.5 Å². The fourth-order valence-corrected chi connectivity index (χ4v) is 2.38. The Morgan fingerprint density at radius 1 is 1.33 bits per heavy atom. The number of nitrogens with two attached hydrogens (primary N) is 1. The first-order chi connectivity index (χ1) is 8.40. The highest BCUT2D eigenvalue weighted by Gasteiger charge is 2.32. The Labute approximate surface area is 105 Å². The molecule has 1 fully saturated rings. The Morgan fingerprint density at radius 2 is 2.06 bits per heavy atom. The maximum Gasteiger partial charge on any atom is 0.416 e. The van der Waals surface area contributed by atoms with Gasteiger partial charge in [0.05, 0.1) is 5.56 Å². The quantitative estimate of drug-likeness (QED) is 0.822. The van der Waals surface area contributed by atoms with Crippen LogP contribution in [-0.4, -0.2) is 13.1 Å². The van der Waals surface area contributed by atoms with Crippen LogP contribution < -0.4 is 10.6 Å². The van der Waals surface area contributed by atoms with Gasteiger partial charge in [-0.3, -0.25) is 0 Å². The summed E-state index contributed by atoms with van der Waals surface area (Å²) in [5.41, 5.74) is 5.64. The largest absolute Gasteiger partial charge is 0.416 e. The normalized spacial score (nSPS) is 20.4. The van der Waals surface area contributed by atoms with E-state index in [2.05, 4.69) is 6.92 Å². The number of halogens is 3. The van der Waals surface area contributed by atoms with Crippen LogP contribution in [0, 0.1) is 5.92 Å². The first kappa shape index (κ1) is 13.1. The minimum Gasteiger partial charge on any atom is -0.399 e. The first-order valence-corrected chi connectivity index (χ1v) is 6.13. The average Bonchev–Trinajstić information content (AvgIpc) is 2.75.